The van der Waals surface area contributed by atoms with Gasteiger partial charge in [0.15, 0.2) is 0 Å². The number of piperidine rings is 1. The molecule has 0 saturated carbocycles. The minimum atomic E-state index is 0.157. The fourth-order valence-corrected chi connectivity index (χ4v) is 2.65. The normalized spacial score (nSPS) is 32.7. The summed E-state index contributed by atoms with van der Waals surface area (Å²) in [5.74, 6) is 0. The molecule has 2 heterocycles. The van der Waals surface area contributed by atoms with E-state index in [1.165, 1.54) is 31.5 Å². The van der Waals surface area contributed by atoms with Crippen LogP contribution in [-0.4, -0.2) is 36.7 Å². The van der Waals surface area contributed by atoms with Crippen LogP contribution >= 0.6 is 0 Å². The summed E-state index contributed by atoms with van der Waals surface area (Å²) in [6, 6.07) is 0. The highest BCUT2D eigenvalue weighted by molar-refractivity contribution is 5.14. The van der Waals surface area contributed by atoms with Crippen molar-refractivity contribution in [1.29, 1.82) is 0 Å². The van der Waals surface area contributed by atoms with E-state index >= 15 is 0 Å². The summed E-state index contributed by atoms with van der Waals surface area (Å²) >= 11 is 0. The number of ether oxygens (including phenoxy) is 1. The SMILES string of the molecule is C=C1CC2(CCN(C)CC2)OC1CC. The Morgan fingerprint density at radius 1 is 1.50 bits per heavy atom. The maximum Gasteiger partial charge on any atom is 0.0788 e. The molecular weight excluding hydrogens is 174 g/mol. The van der Waals surface area contributed by atoms with Crippen molar-refractivity contribution in [3.8, 4) is 0 Å². The molecular formula is C12H21NO. The second-order valence-electron chi connectivity index (χ2n) is 4.84. The Labute approximate surface area is 86.9 Å². The lowest BCUT2D eigenvalue weighted by molar-refractivity contribution is -0.0726. The van der Waals surface area contributed by atoms with Crippen molar-refractivity contribution < 1.29 is 4.74 Å². The molecule has 2 fully saturated rings. The topological polar surface area (TPSA) is 12.5 Å². The summed E-state index contributed by atoms with van der Waals surface area (Å²) in [5.41, 5.74) is 1.47. The highest BCUT2D eigenvalue weighted by Crippen LogP contribution is 2.41. The first-order valence-corrected chi connectivity index (χ1v) is 5.69. The minimum absolute atomic E-state index is 0.157. The van der Waals surface area contributed by atoms with E-state index in [2.05, 4.69) is 25.5 Å². The molecule has 0 radical (unpaired) electrons. The molecule has 2 nitrogen and oxygen atoms in total. The van der Waals surface area contributed by atoms with Gasteiger partial charge in [0.05, 0.1) is 11.7 Å². The number of hydrogen-bond acceptors (Lipinski definition) is 2. The number of likely N-dealkylation sites (tertiary alicyclic amines) is 1. The Bertz CT molecular complexity index is 228. The van der Waals surface area contributed by atoms with Gasteiger partial charge >= 0.3 is 0 Å². The van der Waals surface area contributed by atoms with Crippen molar-refractivity contribution in [3.05, 3.63) is 12.2 Å². The average molecular weight is 195 g/mol. The fourth-order valence-electron chi connectivity index (χ4n) is 2.65. The van der Waals surface area contributed by atoms with Gasteiger partial charge in [0.1, 0.15) is 0 Å². The van der Waals surface area contributed by atoms with E-state index in [0.29, 0.717) is 6.10 Å². The van der Waals surface area contributed by atoms with E-state index in [0.717, 1.165) is 12.8 Å². The van der Waals surface area contributed by atoms with Crippen molar-refractivity contribution in [3.63, 3.8) is 0 Å². The first kappa shape index (κ1) is 10.2. The van der Waals surface area contributed by atoms with E-state index < -0.39 is 0 Å². The van der Waals surface area contributed by atoms with E-state index in [1.54, 1.807) is 0 Å². The van der Waals surface area contributed by atoms with Gasteiger partial charge in [0.2, 0.25) is 0 Å². The van der Waals surface area contributed by atoms with Gasteiger partial charge in [-0.05, 0) is 38.3 Å². The Hall–Kier alpha value is -0.340. The molecule has 0 aliphatic carbocycles. The maximum atomic E-state index is 6.17. The molecule has 2 saturated heterocycles. The zero-order chi connectivity index (χ0) is 10.2. The molecule has 14 heavy (non-hydrogen) atoms. The molecule has 0 aromatic carbocycles. The Balaban J connectivity index is 2.02. The van der Waals surface area contributed by atoms with Crippen LogP contribution in [0.4, 0.5) is 0 Å². The molecule has 2 aliphatic heterocycles. The number of hydrogen-bond donors (Lipinski definition) is 0. The Morgan fingerprint density at radius 2 is 2.14 bits per heavy atom. The predicted molar refractivity (Wildman–Crippen MR) is 58.4 cm³/mol. The van der Waals surface area contributed by atoms with Crippen LogP contribution in [0.3, 0.4) is 0 Å². The van der Waals surface area contributed by atoms with E-state index in [4.69, 9.17) is 4.74 Å². The van der Waals surface area contributed by atoms with Gasteiger partial charge in [-0.3, -0.25) is 0 Å². The highest BCUT2D eigenvalue weighted by Gasteiger charge is 2.43. The molecule has 0 aromatic rings. The molecule has 1 spiro atoms. The van der Waals surface area contributed by atoms with Gasteiger partial charge < -0.3 is 9.64 Å². The largest absolute Gasteiger partial charge is 0.367 e. The Morgan fingerprint density at radius 3 is 2.64 bits per heavy atom. The van der Waals surface area contributed by atoms with Crippen molar-refractivity contribution in [2.45, 2.75) is 44.3 Å². The molecule has 0 bridgehead atoms. The molecule has 0 N–H and O–H groups in total. The van der Waals surface area contributed by atoms with Crippen LogP contribution in [-0.2, 0) is 4.74 Å². The smallest absolute Gasteiger partial charge is 0.0788 e. The van der Waals surface area contributed by atoms with Crippen LogP contribution in [0.25, 0.3) is 0 Å². The summed E-state index contributed by atoms with van der Waals surface area (Å²) in [6.07, 6.45) is 4.87. The molecule has 2 aliphatic rings. The zero-order valence-corrected chi connectivity index (χ0v) is 9.38. The van der Waals surface area contributed by atoms with Crippen molar-refractivity contribution in [1.82, 2.24) is 4.90 Å². The molecule has 0 aromatic heterocycles. The molecule has 80 valence electrons. The summed E-state index contributed by atoms with van der Waals surface area (Å²) in [5, 5.41) is 0. The summed E-state index contributed by atoms with van der Waals surface area (Å²) in [4.78, 5) is 2.39. The van der Waals surface area contributed by atoms with Crippen LogP contribution in [0, 0.1) is 0 Å². The van der Waals surface area contributed by atoms with E-state index in [1.807, 2.05) is 0 Å². The first-order valence-electron chi connectivity index (χ1n) is 5.69. The van der Waals surface area contributed by atoms with Gasteiger partial charge in [-0.15, -0.1) is 0 Å². The lowest BCUT2D eigenvalue weighted by Crippen LogP contribution is -2.42. The quantitative estimate of drug-likeness (QED) is 0.595. The lowest BCUT2D eigenvalue weighted by atomic mass is 9.87. The van der Waals surface area contributed by atoms with Crippen LogP contribution in [0.15, 0.2) is 12.2 Å². The van der Waals surface area contributed by atoms with Crippen LogP contribution < -0.4 is 0 Å². The lowest BCUT2D eigenvalue weighted by Gasteiger charge is -2.37. The van der Waals surface area contributed by atoms with E-state index in [9.17, 15) is 0 Å². The predicted octanol–water partition coefficient (Wildman–Crippen LogP) is 2.21. The average Bonchev–Trinajstić information content (AvgIpc) is 2.49. The van der Waals surface area contributed by atoms with Gasteiger partial charge in [-0.1, -0.05) is 13.5 Å². The summed E-state index contributed by atoms with van der Waals surface area (Å²) in [7, 11) is 2.19. The van der Waals surface area contributed by atoms with Crippen LogP contribution in [0.2, 0.25) is 0 Å². The zero-order valence-electron chi connectivity index (χ0n) is 9.38. The minimum Gasteiger partial charge on any atom is -0.367 e. The van der Waals surface area contributed by atoms with Crippen LogP contribution in [0.5, 0.6) is 0 Å². The van der Waals surface area contributed by atoms with E-state index in [-0.39, 0.29) is 5.60 Å². The second kappa shape index (κ2) is 3.67. The van der Waals surface area contributed by atoms with Gasteiger partial charge in [-0.2, -0.15) is 0 Å². The second-order valence-corrected chi connectivity index (χ2v) is 4.84. The van der Waals surface area contributed by atoms with Crippen molar-refractivity contribution in [2.75, 3.05) is 20.1 Å². The standard InChI is InChI=1S/C12H21NO/c1-4-11-10(2)9-12(14-11)5-7-13(3)8-6-12/h11H,2,4-9H2,1,3H3. The highest BCUT2D eigenvalue weighted by atomic mass is 16.5. The fraction of sp³-hybridized carbons (Fsp3) is 0.833. The Kier molecular flexibility index (Phi) is 2.67. The van der Waals surface area contributed by atoms with Gasteiger partial charge in [0.25, 0.3) is 0 Å². The van der Waals surface area contributed by atoms with Gasteiger partial charge in [0, 0.05) is 13.1 Å². The number of nitrogens with zero attached hydrogens (tertiary/aromatic N) is 1. The van der Waals surface area contributed by atoms with Crippen molar-refractivity contribution in [2.24, 2.45) is 0 Å². The third kappa shape index (κ3) is 1.73. The van der Waals surface area contributed by atoms with Gasteiger partial charge in [-0.25, -0.2) is 0 Å². The van der Waals surface area contributed by atoms with Crippen molar-refractivity contribution >= 4 is 0 Å². The summed E-state index contributed by atoms with van der Waals surface area (Å²) < 4.78 is 6.17. The monoisotopic (exact) mass is 195 g/mol. The molecule has 1 atom stereocenters. The molecule has 2 rings (SSSR count). The number of rotatable bonds is 1. The summed E-state index contributed by atoms with van der Waals surface area (Å²) in [6.45, 7) is 8.66. The third-order valence-electron chi connectivity index (χ3n) is 3.67. The van der Waals surface area contributed by atoms with Crippen LogP contribution in [0.1, 0.15) is 32.6 Å². The first-order chi connectivity index (χ1) is 6.65. The molecule has 1 unspecified atom stereocenters. The molecule has 0 amide bonds. The maximum absolute atomic E-state index is 6.17. The third-order valence-corrected chi connectivity index (χ3v) is 3.67. The molecule has 2 heteroatoms.